The lowest BCUT2D eigenvalue weighted by Crippen LogP contribution is -2.30. The summed E-state index contributed by atoms with van der Waals surface area (Å²) >= 11 is 0.0844. The summed E-state index contributed by atoms with van der Waals surface area (Å²) in [5.41, 5.74) is -4.10. The molecular weight excluding hydrogens is 223 g/mol. The van der Waals surface area contributed by atoms with E-state index < -0.39 is 5.51 Å². The minimum Gasteiger partial charge on any atom is -0.319 e. The largest absolute Gasteiger partial charge is 0.441 e. The predicted octanol–water partition coefficient (Wildman–Crippen LogP) is 3.66. The zero-order valence-corrected chi connectivity index (χ0v) is 10.4. The molecule has 92 valence electrons. The average molecular weight is 243 g/mol. The van der Waals surface area contributed by atoms with Crippen molar-refractivity contribution >= 4 is 11.8 Å². The van der Waals surface area contributed by atoms with E-state index in [0.29, 0.717) is 6.42 Å². The Morgan fingerprint density at radius 3 is 2.20 bits per heavy atom. The molecule has 0 amide bonds. The third-order valence-electron chi connectivity index (χ3n) is 2.43. The van der Waals surface area contributed by atoms with Gasteiger partial charge < -0.3 is 5.32 Å². The summed E-state index contributed by atoms with van der Waals surface area (Å²) in [6.45, 7) is 4.88. The quantitative estimate of drug-likeness (QED) is 0.732. The van der Waals surface area contributed by atoms with Crippen LogP contribution in [0.3, 0.4) is 0 Å². The summed E-state index contributed by atoms with van der Waals surface area (Å²) in [6.07, 6.45) is 2.58. The van der Waals surface area contributed by atoms with Crippen molar-refractivity contribution in [2.45, 2.75) is 38.6 Å². The molecule has 1 nitrogen and oxygen atoms in total. The van der Waals surface area contributed by atoms with E-state index in [2.05, 4.69) is 12.2 Å². The van der Waals surface area contributed by atoms with Crippen molar-refractivity contribution in [3.63, 3.8) is 0 Å². The van der Waals surface area contributed by atoms with E-state index in [1.54, 1.807) is 0 Å². The highest BCUT2D eigenvalue weighted by Gasteiger charge is 2.30. The second kappa shape index (κ2) is 6.63. The first kappa shape index (κ1) is 15.1. The van der Waals surface area contributed by atoms with Gasteiger partial charge in [-0.05, 0) is 25.3 Å². The lowest BCUT2D eigenvalue weighted by atomic mass is 9.83. The molecule has 0 aliphatic heterocycles. The van der Waals surface area contributed by atoms with Gasteiger partial charge in [0.15, 0.2) is 0 Å². The molecule has 1 N–H and O–H groups in total. The van der Waals surface area contributed by atoms with E-state index in [9.17, 15) is 13.2 Å². The first-order chi connectivity index (χ1) is 6.83. The molecule has 5 heteroatoms. The fourth-order valence-corrected chi connectivity index (χ4v) is 2.57. The van der Waals surface area contributed by atoms with Gasteiger partial charge in [-0.25, -0.2) is 0 Å². The Morgan fingerprint density at radius 2 is 1.80 bits per heavy atom. The Kier molecular flexibility index (Phi) is 6.68. The molecule has 0 radical (unpaired) electrons. The molecule has 0 heterocycles. The van der Waals surface area contributed by atoms with Gasteiger partial charge in [0.1, 0.15) is 0 Å². The fraction of sp³-hybridized carbons (Fsp3) is 1.00. The summed E-state index contributed by atoms with van der Waals surface area (Å²) in [4.78, 5) is 0. The number of hydrogen-bond donors (Lipinski definition) is 1. The molecule has 0 aliphatic rings. The Hall–Kier alpha value is 0.1000. The Morgan fingerprint density at radius 1 is 1.20 bits per heavy atom. The minimum atomic E-state index is -4.09. The summed E-state index contributed by atoms with van der Waals surface area (Å²) in [5, 5.41) is 3.05. The van der Waals surface area contributed by atoms with Gasteiger partial charge in [0.25, 0.3) is 0 Å². The van der Waals surface area contributed by atoms with Crippen LogP contribution in [-0.4, -0.2) is 24.9 Å². The number of halogens is 3. The molecule has 0 aromatic carbocycles. The second-order valence-corrected chi connectivity index (χ2v) is 5.30. The molecule has 0 aromatic rings. The molecule has 1 atom stereocenters. The van der Waals surface area contributed by atoms with Crippen LogP contribution >= 0.6 is 11.8 Å². The van der Waals surface area contributed by atoms with Gasteiger partial charge >= 0.3 is 5.51 Å². The summed E-state index contributed by atoms with van der Waals surface area (Å²) in [7, 11) is 1.84. The van der Waals surface area contributed by atoms with Gasteiger partial charge in [0.05, 0.1) is 0 Å². The first-order valence-electron chi connectivity index (χ1n) is 5.18. The zero-order valence-electron chi connectivity index (χ0n) is 9.58. The summed E-state index contributed by atoms with van der Waals surface area (Å²) in [6, 6.07) is 0. The van der Waals surface area contributed by atoms with Gasteiger partial charge in [0.2, 0.25) is 0 Å². The van der Waals surface area contributed by atoms with Crippen LogP contribution in [0.2, 0.25) is 0 Å². The van der Waals surface area contributed by atoms with Crippen LogP contribution < -0.4 is 5.32 Å². The van der Waals surface area contributed by atoms with Crippen molar-refractivity contribution in [3.05, 3.63) is 0 Å². The summed E-state index contributed by atoms with van der Waals surface area (Å²) in [5.74, 6) is 0.154. The van der Waals surface area contributed by atoms with E-state index in [-0.39, 0.29) is 22.9 Å². The molecule has 0 aliphatic carbocycles. The normalized spacial score (nSPS) is 16.4. The van der Waals surface area contributed by atoms with Crippen molar-refractivity contribution in [1.29, 1.82) is 0 Å². The van der Waals surface area contributed by atoms with E-state index in [1.807, 2.05) is 14.0 Å². The third kappa shape index (κ3) is 7.96. The SMILES string of the molecule is CCCC(C)(CCSC(F)(F)F)CNC. The maximum absolute atomic E-state index is 11.9. The molecule has 0 bridgehead atoms. The maximum atomic E-state index is 11.9. The van der Waals surface area contributed by atoms with Crippen molar-refractivity contribution in [3.8, 4) is 0 Å². The van der Waals surface area contributed by atoms with E-state index in [0.717, 1.165) is 19.4 Å². The van der Waals surface area contributed by atoms with Gasteiger partial charge in [-0.2, -0.15) is 13.2 Å². The van der Waals surface area contributed by atoms with Crippen LogP contribution in [0.5, 0.6) is 0 Å². The molecule has 1 unspecified atom stereocenters. The Balaban J connectivity index is 3.95. The lowest BCUT2D eigenvalue weighted by Gasteiger charge is -2.29. The number of alkyl halides is 3. The highest BCUT2D eigenvalue weighted by molar-refractivity contribution is 8.00. The van der Waals surface area contributed by atoms with Gasteiger partial charge in [-0.15, -0.1) is 0 Å². The third-order valence-corrected chi connectivity index (χ3v) is 3.16. The monoisotopic (exact) mass is 243 g/mol. The maximum Gasteiger partial charge on any atom is 0.441 e. The highest BCUT2D eigenvalue weighted by Crippen LogP contribution is 2.35. The smallest absolute Gasteiger partial charge is 0.319 e. The van der Waals surface area contributed by atoms with Crippen LogP contribution in [-0.2, 0) is 0 Å². The molecule has 0 saturated heterocycles. The molecule has 0 spiro atoms. The molecule has 0 fully saturated rings. The average Bonchev–Trinajstić information content (AvgIpc) is 2.01. The summed E-state index contributed by atoms with van der Waals surface area (Å²) < 4.78 is 35.8. The molecular formula is C10H20F3NS. The van der Waals surface area contributed by atoms with Gasteiger partial charge in [-0.3, -0.25) is 0 Å². The number of nitrogens with one attached hydrogen (secondary N) is 1. The van der Waals surface area contributed by atoms with E-state index >= 15 is 0 Å². The van der Waals surface area contributed by atoms with Crippen LogP contribution in [0.15, 0.2) is 0 Å². The number of hydrogen-bond acceptors (Lipinski definition) is 2. The minimum absolute atomic E-state index is 0.0122. The molecule has 0 rings (SSSR count). The number of rotatable bonds is 7. The predicted molar refractivity (Wildman–Crippen MR) is 60.1 cm³/mol. The van der Waals surface area contributed by atoms with Crippen LogP contribution in [0.1, 0.15) is 33.1 Å². The molecule has 0 saturated carbocycles. The number of thioether (sulfide) groups is 1. The molecule has 0 aromatic heterocycles. The van der Waals surface area contributed by atoms with Crippen LogP contribution in [0.25, 0.3) is 0 Å². The van der Waals surface area contributed by atoms with Gasteiger partial charge in [0, 0.05) is 12.3 Å². The van der Waals surface area contributed by atoms with Crippen molar-refractivity contribution < 1.29 is 13.2 Å². The van der Waals surface area contributed by atoms with E-state index in [1.165, 1.54) is 0 Å². The van der Waals surface area contributed by atoms with Crippen LogP contribution in [0.4, 0.5) is 13.2 Å². The standard InChI is InChI=1S/C10H20F3NS/c1-4-5-9(2,8-14-3)6-7-15-10(11,12)13/h14H,4-8H2,1-3H3. The van der Waals surface area contributed by atoms with Gasteiger partial charge in [-0.1, -0.05) is 32.0 Å². The van der Waals surface area contributed by atoms with Crippen molar-refractivity contribution in [1.82, 2.24) is 5.32 Å². The second-order valence-electron chi connectivity index (χ2n) is 4.14. The highest BCUT2D eigenvalue weighted by atomic mass is 32.2. The Bertz CT molecular complexity index is 165. The lowest BCUT2D eigenvalue weighted by molar-refractivity contribution is -0.0329. The molecule has 15 heavy (non-hydrogen) atoms. The first-order valence-corrected chi connectivity index (χ1v) is 6.17. The topological polar surface area (TPSA) is 12.0 Å². The Labute approximate surface area is 94.2 Å². The van der Waals surface area contributed by atoms with Crippen molar-refractivity contribution in [2.24, 2.45) is 5.41 Å². The van der Waals surface area contributed by atoms with E-state index in [4.69, 9.17) is 0 Å². The van der Waals surface area contributed by atoms with Crippen LogP contribution in [0, 0.1) is 5.41 Å². The zero-order chi connectivity index (χ0) is 11.9. The van der Waals surface area contributed by atoms with Crippen molar-refractivity contribution in [2.75, 3.05) is 19.3 Å². The fourth-order valence-electron chi connectivity index (χ4n) is 1.75.